The molecule has 0 aliphatic heterocycles. The average molecular weight is 204 g/mol. The zero-order valence-electron chi connectivity index (χ0n) is 6.62. The van der Waals surface area contributed by atoms with E-state index in [1.54, 1.807) is 30.3 Å². The summed E-state index contributed by atoms with van der Waals surface area (Å²) in [6.07, 6.45) is 0. The van der Waals surface area contributed by atoms with Gasteiger partial charge in [0.15, 0.2) is 0 Å². The molecule has 1 rings (SSSR count). The van der Waals surface area contributed by atoms with Crippen molar-refractivity contribution in [2.24, 2.45) is 11.8 Å². The fraction of sp³-hybridized carbons (Fsp3) is 0. The van der Waals surface area contributed by atoms with Crippen molar-refractivity contribution in [3.05, 3.63) is 30.3 Å². The third kappa shape index (κ3) is 2.80. The topological polar surface area (TPSA) is 96.8 Å². The van der Waals surface area contributed by atoms with Gasteiger partial charge < -0.3 is 4.52 Å². The summed E-state index contributed by atoms with van der Waals surface area (Å²) >= 11 is 0. The highest BCUT2D eigenvalue weighted by molar-refractivity contribution is 7.48. The Morgan fingerprint density at radius 1 is 1.08 bits per heavy atom. The van der Waals surface area contributed by atoms with Gasteiger partial charge in [-0.15, -0.1) is 0 Å². The van der Waals surface area contributed by atoms with Gasteiger partial charge in [-0.1, -0.05) is 18.2 Å². The first-order valence-electron chi connectivity index (χ1n) is 3.32. The van der Waals surface area contributed by atoms with Crippen LogP contribution in [-0.2, 0) is 13.8 Å². The van der Waals surface area contributed by atoms with Gasteiger partial charge in [0, 0.05) is 0 Å². The van der Waals surface area contributed by atoms with Gasteiger partial charge in [-0.25, -0.2) is 16.4 Å². The van der Waals surface area contributed by atoms with Gasteiger partial charge in [0.2, 0.25) is 0 Å². The maximum Gasteiger partial charge on any atom is 0.563 e. The second-order valence-electron chi connectivity index (χ2n) is 2.06. The summed E-state index contributed by atoms with van der Waals surface area (Å²) in [5.74, 6) is 9.64. The molecule has 0 radical (unpaired) electrons. The molecular formula is C6H9N2O4P. The van der Waals surface area contributed by atoms with Gasteiger partial charge in [-0.2, -0.15) is 9.25 Å². The molecular weight excluding hydrogens is 195 g/mol. The average Bonchev–Trinajstić information content (AvgIpc) is 2.19. The van der Waals surface area contributed by atoms with Crippen LogP contribution in [0.4, 0.5) is 0 Å². The monoisotopic (exact) mass is 204 g/mol. The zero-order valence-corrected chi connectivity index (χ0v) is 7.52. The predicted molar refractivity (Wildman–Crippen MR) is 45.2 cm³/mol. The van der Waals surface area contributed by atoms with Gasteiger partial charge in [-0.05, 0) is 12.1 Å². The van der Waals surface area contributed by atoms with Crippen molar-refractivity contribution in [2.45, 2.75) is 0 Å². The van der Waals surface area contributed by atoms with E-state index in [4.69, 9.17) is 4.52 Å². The van der Waals surface area contributed by atoms with Crippen LogP contribution in [0.1, 0.15) is 0 Å². The summed E-state index contributed by atoms with van der Waals surface area (Å²) in [4.78, 5) is 0. The molecule has 0 aliphatic rings. The molecule has 0 aliphatic carbocycles. The fourth-order valence-corrected chi connectivity index (χ4v) is 1.19. The van der Waals surface area contributed by atoms with Gasteiger partial charge in [0.1, 0.15) is 5.75 Å². The van der Waals surface area contributed by atoms with Crippen LogP contribution in [0.15, 0.2) is 30.3 Å². The van der Waals surface area contributed by atoms with Gasteiger partial charge >= 0.3 is 7.82 Å². The molecule has 1 aromatic carbocycles. The molecule has 0 saturated heterocycles. The number of phosphoric acid groups is 1. The summed E-state index contributed by atoms with van der Waals surface area (Å²) < 4.78 is 23.9. The maximum atomic E-state index is 11.2. The normalized spacial score (nSPS) is 11.2. The van der Waals surface area contributed by atoms with Crippen LogP contribution in [0.5, 0.6) is 5.75 Å². The van der Waals surface area contributed by atoms with Crippen LogP contribution in [-0.4, -0.2) is 0 Å². The number of para-hydroxylation sites is 1. The van der Waals surface area contributed by atoms with Crippen LogP contribution in [0.2, 0.25) is 0 Å². The first-order valence-corrected chi connectivity index (χ1v) is 4.78. The van der Waals surface area contributed by atoms with Crippen LogP contribution >= 0.6 is 7.82 Å². The Labute approximate surface area is 74.9 Å². The molecule has 7 heteroatoms. The molecule has 4 N–H and O–H groups in total. The standard InChI is InChI=1S/C6H9N2O4P/c7-11-13(9,12-8)10-6-4-2-1-3-5-6/h1-5H,7-8H2. The quantitative estimate of drug-likeness (QED) is 0.559. The molecule has 0 aromatic heterocycles. The maximum absolute atomic E-state index is 11.2. The molecule has 0 saturated carbocycles. The molecule has 0 spiro atoms. The van der Waals surface area contributed by atoms with Crippen molar-refractivity contribution >= 4 is 7.82 Å². The summed E-state index contributed by atoms with van der Waals surface area (Å²) in [6, 6.07) is 8.26. The summed E-state index contributed by atoms with van der Waals surface area (Å²) in [6.45, 7) is 0. The number of nitrogens with two attached hydrogens (primary N) is 2. The van der Waals surface area contributed by atoms with Crippen molar-refractivity contribution in [2.75, 3.05) is 0 Å². The predicted octanol–water partition coefficient (Wildman–Crippen LogP) is 0.954. The summed E-state index contributed by atoms with van der Waals surface area (Å²) in [5, 5.41) is 0. The van der Waals surface area contributed by atoms with E-state index in [-0.39, 0.29) is 0 Å². The minimum Gasteiger partial charge on any atom is -0.402 e. The van der Waals surface area contributed by atoms with Crippen LogP contribution in [0.25, 0.3) is 0 Å². The smallest absolute Gasteiger partial charge is 0.402 e. The molecule has 0 fully saturated rings. The lowest BCUT2D eigenvalue weighted by molar-refractivity contribution is 0.159. The highest BCUT2D eigenvalue weighted by Crippen LogP contribution is 2.45. The lowest BCUT2D eigenvalue weighted by Crippen LogP contribution is -2.09. The minimum absolute atomic E-state index is 0.293. The largest absolute Gasteiger partial charge is 0.563 e. The molecule has 1 aromatic rings. The second-order valence-corrected chi connectivity index (χ2v) is 3.56. The van der Waals surface area contributed by atoms with E-state index in [0.29, 0.717) is 5.75 Å². The van der Waals surface area contributed by atoms with Crippen LogP contribution in [0, 0.1) is 0 Å². The number of hydrogen-bond acceptors (Lipinski definition) is 6. The van der Waals surface area contributed by atoms with E-state index < -0.39 is 7.82 Å². The van der Waals surface area contributed by atoms with Gasteiger partial charge in [0.05, 0.1) is 0 Å². The number of rotatable bonds is 4. The minimum atomic E-state index is -3.85. The Kier molecular flexibility index (Phi) is 3.41. The molecule has 0 heterocycles. The van der Waals surface area contributed by atoms with E-state index >= 15 is 0 Å². The first kappa shape index (κ1) is 10.2. The summed E-state index contributed by atoms with van der Waals surface area (Å²) in [7, 11) is -3.85. The lowest BCUT2D eigenvalue weighted by atomic mass is 10.3. The first-order chi connectivity index (χ1) is 6.20. The van der Waals surface area contributed by atoms with Gasteiger partial charge in [0.25, 0.3) is 0 Å². The zero-order chi connectivity index (χ0) is 9.73. The van der Waals surface area contributed by atoms with E-state index in [0.717, 1.165) is 0 Å². The summed E-state index contributed by atoms with van der Waals surface area (Å²) in [5.41, 5.74) is 0. The fourth-order valence-electron chi connectivity index (χ4n) is 0.678. The Morgan fingerprint density at radius 2 is 1.62 bits per heavy atom. The van der Waals surface area contributed by atoms with Crippen LogP contribution < -0.4 is 16.3 Å². The Balaban J connectivity index is 2.74. The molecule has 0 unspecified atom stereocenters. The van der Waals surface area contributed by atoms with E-state index in [1.807, 2.05) is 0 Å². The van der Waals surface area contributed by atoms with E-state index in [1.165, 1.54) is 0 Å². The lowest BCUT2D eigenvalue weighted by Gasteiger charge is -2.11. The molecule has 13 heavy (non-hydrogen) atoms. The molecule has 0 amide bonds. The van der Waals surface area contributed by atoms with E-state index in [9.17, 15) is 4.57 Å². The molecule has 72 valence electrons. The third-order valence-corrected chi connectivity index (χ3v) is 2.17. The Bertz CT molecular complexity index is 297. The van der Waals surface area contributed by atoms with Crippen molar-refractivity contribution in [3.63, 3.8) is 0 Å². The van der Waals surface area contributed by atoms with Crippen molar-refractivity contribution in [1.82, 2.24) is 0 Å². The van der Waals surface area contributed by atoms with E-state index in [2.05, 4.69) is 21.0 Å². The highest BCUT2D eigenvalue weighted by atomic mass is 31.2. The second kappa shape index (κ2) is 4.36. The highest BCUT2D eigenvalue weighted by Gasteiger charge is 2.26. The Hall–Kier alpha value is -0.910. The number of hydrogen-bond donors (Lipinski definition) is 2. The van der Waals surface area contributed by atoms with Crippen molar-refractivity contribution < 1.29 is 18.3 Å². The third-order valence-electron chi connectivity index (χ3n) is 1.22. The molecule has 0 bridgehead atoms. The van der Waals surface area contributed by atoms with Gasteiger partial charge in [-0.3, -0.25) is 0 Å². The molecule has 0 atom stereocenters. The number of benzene rings is 1. The van der Waals surface area contributed by atoms with Crippen LogP contribution in [0.3, 0.4) is 0 Å². The molecule has 6 nitrogen and oxygen atoms in total. The van der Waals surface area contributed by atoms with Crippen molar-refractivity contribution in [1.29, 1.82) is 0 Å². The Morgan fingerprint density at radius 3 is 2.08 bits per heavy atom. The SMILES string of the molecule is NOP(=O)(ON)Oc1ccccc1. The van der Waals surface area contributed by atoms with Crippen molar-refractivity contribution in [3.8, 4) is 5.75 Å².